The van der Waals surface area contributed by atoms with Gasteiger partial charge in [0, 0.05) is 31.1 Å². The van der Waals surface area contributed by atoms with E-state index in [0.717, 1.165) is 29.6 Å². The molecule has 5 nitrogen and oxygen atoms in total. The molecule has 0 radical (unpaired) electrons. The van der Waals surface area contributed by atoms with E-state index in [-0.39, 0.29) is 0 Å². The van der Waals surface area contributed by atoms with Gasteiger partial charge in [0.05, 0.1) is 0 Å². The second-order valence-electron chi connectivity index (χ2n) is 5.62. The van der Waals surface area contributed by atoms with Crippen molar-refractivity contribution in [2.45, 2.75) is 39.7 Å². The molecule has 0 aliphatic rings. The zero-order chi connectivity index (χ0) is 14.6. The molecular weight excluding hydrogens is 238 g/mol. The minimum absolute atomic E-state index is 0.317. The van der Waals surface area contributed by atoms with Crippen molar-refractivity contribution in [1.29, 1.82) is 0 Å². The molecule has 0 aromatic carbocycles. The molecule has 2 N–H and O–H groups in total. The normalized spacial score (nSPS) is 12.9. The first-order chi connectivity index (χ1) is 8.85. The summed E-state index contributed by atoms with van der Waals surface area (Å²) in [5.74, 6) is 3.02. The van der Waals surface area contributed by atoms with Crippen molar-refractivity contribution in [2.75, 3.05) is 38.3 Å². The van der Waals surface area contributed by atoms with Gasteiger partial charge in [-0.3, -0.25) is 0 Å². The highest BCUT2D eigenvalue weighted by Gasteiger charge is 2.14. The van der Waals surface area contributed by atoms with Gasteiger partial charge in [0.25, 0.3) is 0 Å². The van der Waals surface area contributed by atoms with Crippen LogP contribution >= 0.6 is 0 Å². The molecule has 1 aromatic rings. The Labute approximate surface area is 116 Å². The lowest BCUT2D eigenvalue weighted by atomic mass is 10.2. The van der Waals surface area contributed by atoms with Crippen LogP contribution in [0.1, 0.15) is 38.1 Å². The molecule has 0 saturated heterocycles. The van der Waals surface area contributed by atoms with Crippen LogP contribution in [0, 0.1) is 6.92 Å². The first-order valence-corrected chi connectivity index (χ1v) is 6.82. The standard InChI is InChI=1S/C14H27N5/c1-9(2)12-17-13(15-5)11(4)14(18-12)16-10(3)8-19(6)7/h9-10H,8H2,1-7H3,(H2,15,16,17,18). The molecule has 0 saturated carbocycles. The van der Waals surface area contributed by atoms with Crippen LogP contribution in [0.15, 0.2) is 0 Å². The van der Waals surface area contributed by atoms with Gasteiger partial charge in [-0.05, 0) is 27.9 Å². The summed E-state index contributed by atoms with van der Waals surface area (Å²) in [5, 5.41) is 6.62. The minimum atomic E-state index is 0.317. The lowest BCUT2D eigenvalue weighted by Gasteiger charge is -2.21. The highest BCUT2D eigenvalue weighted by atomic mass is 15.1. The zero-order valence-electron chi connectivity index (χ0n) is 13.2. The molecule has 0 fully saturated rings. The SMILES string of the molecule is CNc1nc(C(C)C)nc(NC(C)CN(C)C)c1C. The fourth-order valence-electron chi connectivity index (χ4n) is 2.00. The highest BCUT2D eigenvalue weighted by Crippen LogP contribution is 2.23. The summed E-state index contributed by atoms with van der Waals surface area (Å²) in [5.41, 5.74) is 1.07. The van der Waals surface area contributed by atoms with Crippen molar-refractivity contribution in [3.05, 3.63) is 11.4 Å². The van der Waals surface area contributed by atoms with Crippen LogP contribution in [-0.4, -0.2) is 48.6 Å². The Bertz CT molecular complexity index is 415. The van der Waals surface area contributed by atoms with Crippen molar-refractivity contribution in [3.63, 3.8) is 0 Å². The smallest absolute Gasteiger partial charge is 0.135 e. The molecule has 1 heterocycles. The van der Waals surface area contributed by atoms with Crippen molar-refractivity contribution < 1.29 is 0 Å². The maximum Gasteiger partial charge on any atom is 0.135 e. The van der Waals surface area contributed by atoms with Crippen LogP contribution in [0.2, 0.25) is 0 Å². The largest absolute Gasteiger partial charge is 0.373 e. The van der Waals surface area contributed by atoms with Gasteiger partial charge in [-0.1, -0.05) is 13.8 Å². The van der Waals surface area contributed by atoms with Gasteiger partial charge in [0.1, 0.15) is 17.5 Å². The Kier molecular flexibility index (Phi) is 5.54. The average molecular weight is 265 g/mol. The van der Waals surface area contributed by atoms with E-state index in [0.29, 0.717) is 12.0 Å². The molecule has 1 rings (SSSR count). The van der Waals surface area contributed by atoms with Crippen molar-refractivity contribution in [1.82, 2.24) is 14.9 Å². The predicted molar refractivity (Wildman–Crippen MR) is 82.0 cm³/mol. The van der Waals surface area contributed by atoms with E-state index in [4.69, 9.17) is 0 Å². The Morgan fingerprint density at radius 1 is 1.11 bits per heavy atom. The highest BCUT2D eigenvalue weighted by molar-refractivity contribution is 5.57. The summed E-state index contributed by atoms with van der Waals surface area (Å²) in [6.07, 6.45) is 0. The van der Waals surface area contributed by atoms with Gasteiger partial charge < -0.3 is 15.5 Å². The molecular formula is C14H27N5. The zero-order valence-corrected chi connectivity index (χ0v) is 13.2. The molecule has 0 amide bonds. The Morgan fingerprint density at radius 2 is 1.68 bits per heavy atom. The molecule has 1 unspecified atom stereocenters. The van der Waals surface area contributed by atoms with Crippen LogP contribution < -0.4 is 10.6 Å². The lowest BCUT2D eigenvalue weighted by molar-refractivity contribution is 0.391. The third-order valence-electron chi connectivity index (χ3n) is 2.94. The molecule has 0 spiro atoms. The topological polar surface area (TPSA) is 53.1 Å². The fraction of sp³-hybridized carbons (Fsp3) is 0.714. The molecule has 108 valence electrons. The number of nitrogens with zero attached hydrogens (tertiary/aromatic N) is 3. The fourth-order valence-corrected chi connectivity index (χ4v) is 2.00. The van der Waals surface area contributed by atoms with E-state index in [1.807, 2.05) is 14.0 Å². The molecule has 1 aromatic heterocycles. The van der Waals surface area contributed by atoms with E-state index in [1.165, 1.54) is 0 Å². The van der Waals surface area contributed by atoms with Crippen molar-refractivity contribution >= 4 is 11.6 Å². The van der Waals surface area contributed by atoms with Gasteiger partial charge in [-0.2, -0.15) is 0 Å². The van der Waals surface area contributed by atoms with Gasteiger partial charge in [-0.25, -0.2) is 9.97 Å². The average Bonchev–Trinajstić information content (AvgIpc) is 2.30. The van der Waals surface area contributed by atoms with Crippen LogP contribution in [0.5, 0.6) is 0 Å². The molecule has 5 heteroatoms. The number of nitrogens with one attached hydrogen (secondary N) is 2. The summed E-state index contributed by atoms with van der Waals surface area (Å²) in [6.45, 7) is 9.39. The lowest BCUT2D eigenvalue weighted by Crippen LogP contribution is -2.30. The van der Waals surface area contributed by atoms with Crippen LogP contribution in [0.4, 0.5) is 11.6 Å². The second-order valence-corrected chi connectivity index (χ2v) is 5.62. The Hall–Kier alpha value is -1.36. The number of hydrogen-bond donors (Lipinski definition) is 2. The van der Waals surface area contributed by atoms with Crippen molar-refractivity contribution in [3.8, 4) is 0 Å². The summed E-state index contributed by atoms with van der Waals surface area (Å²) >= 11 is 0. The summed E-state index contributed by atoms with van der Waals surface area (Å²) < 4.78 is 0. The van der Waals surface area contributed by atoms with Crippen LogP contribution in [-0.2, 0) is 0 Å². The van der Waals surface area contributed by atoms with E-state index in [1.54, 1.807) is 0 Å². The summed E-state index contributed by atoms with van der Waals surface area (Å²) in [4.78, 5) is 11.4. The quantitative estimate of drug-likeness (QED) is 0.826. The van der Waals surface area contributed by atoms with Gasteiger partial charge >= 0.3 is 0 Å². The molecule has 19 heavy (non-hydrogen) atoms. The Morgan fingerprint density at radius 3 is 2.16 bits per heavy atom. The van der Waals surface area contributed by atoms with Crippen LogP contribution in [0.3, 0.4) is 0 Å². The monoisotopic (exact) mass is 265 g/mol. The number of hydrogen-bond acceptors (Lipinski definition) is 5. The Balaban J connectivity index is 3.01. The van der Waals surface area contributed by atoms with Gasteiger partial charge in [0.2, 0.25) is 0 Å². The van der Waals surface area contributed by atoms with E-state index < -0.39 is 0 Å². The van der Waals surface area contributed by atoms with E-state index in [9.17, 15) is 0 Å². The van der Waals surface area contributed by atoms with Crippen LogP contribution in [0.25, 0.3) is 0 Å². The van der Waals surface area contributed by atoms with E-state index in [2.05, 4.69) is 60.4 Å². The molecule has 0 aliphatic heterocycles. The first-order valence-electron chi connectivity index (χ1n) is 6.82. The molecule has 0 aliphatic carbocycles. The maximum atomic E-state index is 4.65. The third-order valence-corrected chi connectivity index (χ3v) is 2.94. The number of anilines is 2. The third kappa shape index (κ3) is 4.35. The predicted octanol–water partition coefficient (Wildman–Crippen LogP) is 2.31. The van der Waals surface area contributed by atoms with Crippen molar-refractivity contribution in [2.24, 2.45) is 0 Å². The summed E-state index contributed by atoms with van der Waals surface area (Å²) in [6, 6.07) is 0.341. The second kappa shape index (κ2) is 6.70. The molecule has 0 bridgehead atoms. The van der Waals surface area contributed by atoms with E-state index >= 15 is 0 Å². The maximum absolute atomic E-state index is 4.65. The first kappa shape index (κ1) is 15.7. The van der Waals surface area contributed by atoms with Gasteiger partial charge in [0.15, 0.2) is 0 Å². The number of likely N-dealkylation sites (N-methyl/N-ethyl adjacent to an activating group) is 1. The number of rotatable bonds is 6. The number of aromatic nitrogens is 2. The minimum Gasteiger partial charge on any atom is -0.373 e. The van der Waals surface area contributed by atoms with Gasteiger partial charge in [-0.15, -0.1) is 0 Å². The molecule has 1 atom stereocenters. The summed E-state index contributed by atoms with van der Waals surface area (Å²) in [7, 11) is 6.04.